The Bertz CT molecular complexity index is 1810. The van der Waals surface area contributed by atoms with E-state index in [-0.39, 0.29) is 25.9 Å². The smallest absolute Gasteiger partial charge is 0.335 e. The lowest BCUT2D eigenvalue weighted by molar-refractivity contribution is -0.301. The van der Waals surface area contributed by atoms with Gasteiger partial charge in [0.2, 0.25) is 0 Å². The predicted octanol–water partition coefficient (Wildman–Crippen LogP) is 18.0. The fraction of sp³-hybridized carbons (Fsp3) is 0.718. The number of carbonyl (C=O) groups excluding carboxylic acids is 3. The average molecular weight is 1160 g/mol. The number of aliphatic hydroxyl groups excluding tert-OH is 2. The minimum Gasteiger partial charge on any atom is -0.479 e. The van der Waals surface area contributed by atoms with Gasteiger partial charge in [0.1, 0.15) is 18.8 Å². The molecule has 0 aromatic carbocycles. The first-order chi connectivity index (χ1) is 40.6. The first-order valence-electron chi connectivity index (χ1n) is 33.2. The molecule has 0 aliphatic carbocycles. The average Bonchev–Trinajstić information content (AvgIpc) is 3.55. The molecule has 1 fully saturated rings. The topological polar surface area (TPSA) is 175 Å². The second-order valence-corrected chi connectivity index (χ2v) is 22.4. The van der Waals surface area contributed by atoms with Crippen molar-refractivity contribution in [1.29, 1.82) is 0 Å². The molecule has 83 heavy (non-hydrogen) atoms. The van der Waals surface area contributed by atoms with Gasteiger partial charge < -0.3 is 39.0 Å². The Morgan fingerprint density at radius 1 is 0.410 bits per heavy atom. The van der Waals surface area contributed by atoms with Gasteiger partial charge in [-0.3, -0.25) is 14.4 Å². The third-order valence-corrected chi connectivity index (χ3v) is 14.7. The number of carboxylic acids is 1. The fourth-order valence-electron chi connectivity index (χ4n) is 9.60. The Morgan fingerprint density at radius 2 is 0.783 bits per heavy atom. The number of esters is 3. The van der Waals surface area contributed by atoms with Gasteiger partial charge >= 0.3 is 23.9 Å². The highest BCUT2D eigenvalue weighted by molar-refractivity contribution is 5.74. The summed E-state index contributed by atoms with van der Waals surface area (Å²) in [7, 11) is 0. The summed E-state index contributed by atoms with van der Waals surface area (Å²) < 4.78 is 28.5. The lowest BCUT2D eigenvalue weighted by Gasteiger charge is -2.40. The molecule has 6 unspecified atom stereocenters. The number of allylic oxidation sites excluding steroid dienone is 16. The molecule has 1 rings (SSSR count). The summed E-state index contributed by atoms with van der Waals surface area (Å²) in [5.41, 5.74) is 0. The molecule has 0 radical (unpaired) electrons. The molecular weight excluding hydrogens is 1040 g/mol. The lowest BCUT2D eigenvalue weighted by Crippen LogP contribution is -2.61. The normalized spacial score (nSPS) is 18.2. The van der Waals surface area contributed by atoms with Gasteiger partial charge in [-0.2, -0.15) is 0 Å². The van der Waals surface area contributed by atoms with Crippen molar-refractivity contribution in [3.05, 3.63) is 97.2 Å². The van der Waals surface area contributed by atoms with Crippen LogP contribution in [0.3, 0.4) is 0 Å². The minimum absolute atomic E-state index is 0.0677. The largest absolute Gasteiger partial charge is 0.479 e. The molecule has 0 aromatic heterocycles. The van der Waals surface area contributed by atoms with Crippen LogP contribution in [0.5, 0.6) is 0 Å². The first kappa shape index (κ1) is 76.7. The van der Waals surface area contributed by atoms with Gasteiger partial charge in [-0.1, -0.05) is 266 Å². The lowest BCUT2D eigenvalue weighted by atomic mass is 9.98. The summed E-state index contributed by atoms with van der Waals surface area (Å²) in [5, 5.41) is 31.6. The highest BCUT2D eigenvalue weighted by Gasteiger charge is 2.50. The van der Waals surface area contributed by atoms with E-state index in [1.54, 1.807) is 0 Å². The van der Waals surface area contributed by atoms with Crippen LogP contribution in [0.2, 0.25) is 0 Å². The molecule has 1 saturated heterocycles. The van der Waals surface area contributed by atoms with Crippen LogP contribution in [0, 0.1) is 0 Å². The number of carbonyl (C=O) groups is 4. The van der Waals surface area contributed by atoms with Crippen molar-refractivity contribution in [3.63, 3.8) is 0 Å². The maximum atomic E-state index is 13.2. The molecule has 1 heterocycles. The van der Waals surface area contributed by atoms with Crippen LogP contribution >= 0.6 is 0 Å². The van der Waals surface area contributed by atoms with Crippen molar-refractivity contribution in [1.82, 2.24) is 0 Å². The van der Waals surface area contributed by atoms with E-state index in [0.29, 0.717) is 25.7 Å². The number of carboxylic acid groups (broad SMARTS) is 1. The molecule has 1 aliphatic heterocycles. The van der Waals surface area contributed by atoms with Crippen molar-refractivity contribution < 1.29 is 58.2 Å². The van der Waals surface area contributed by atoms with Crippen LogP contribution in [0.15, 0.2) is 97.2 Å². The summed E-state index contributed by atoms with van der Waals surface area (Å²) in [6, 6.07) is 0. The Labute approximate surface area is 504 Å². The molecule has 0 aromatic rings. The molecule has 1 aliphatic rings. The van der Waals surface area contributed by atoms with E-state index in [9.17, 15) is 34.5 Å². The number of hydrogen-bond donors (Lipinski definition) is 3. The quantitative estimate of drug-likeness (QED) is 0.0228. The zero-order chi connectivity index (χ0) is 60.3. The summed E-state index contributed by atoms with van der Waals surface area (Å²) in [4.78, 5) is 51.3. The molecule has 0 bridgehead atoms. The monoisotopic (exact) mass is 1160 g/mol. The molecule has 12 heteroatoms. The molecular formula is C71H118O12. The predicted molar refractivity (Wildman–Crippen MR) is 340 cm³/mol. The van der Waals surface area contributed by atoms with Gasteiger partial charge in [-0.15, -0.1) is 0 Å². The van der Waals surface area contributed by atoms with Crippen molar-refractivity contribution in [2.75, 3.05) is 13.2 Å². The summed E-state index contributed by atoms with van der Waals surface area (Å²) in [5.74, 6) is -3.23. The molecule has 0 spiro atoms. The van der Waals surface area contributed by atoms with Gasteiger partial charge in [-0.25, -0.2) is 4.79 Å². The summed E-state index contributed by atoms with van der Waals surface area (Å²) >= 11 is 0. The van der Waals surface area contributed by atoms with E-state index in [1.807, 2.05) is 18.2 Å². The second kappa shape index (κ2) is 58.0. The zero-order valence-corrected chi connectivity index (χ0v) is 52.4. The molecule has 0 amide bonds. The third-order valence-electron chi connectivity index (χ3n) is 14.7. The van der Waals surface area contributed by atoms with Crippen molar-refractivity contribution in [3.8, 4) is 0 Å². The maximum Gasteiger partial charge on any atom is 0.335 e. The number of ether oxygens (including phenoxy) is 5. The van der Waals surface area contributed by atoms with Crippen molar-refractivity contribution in [2.24, 2.45) is 0 Å². The molecule has 6 atom stereocenters. The van der Waals surface area contributed by atoms with Crippen LogP contribution in [0.1, 0.15) is 278 Å². The Morgan fingerprint density at radius 3 is 1.23 bits per heavy atom. The fourth-order valence-corrected chi connectivity index (χ4v) is 9.60. The van der Waals surface area contributed by atoms with Crippen LogP contribution in [0.4, 0.5) is 0 Å². The van der Waals surface area contributed by atoms with Crippen LogP contribution in [-0.2, 0) is 42.9 Å². The van der Waals surface area contributed by atoms with Gasteiger partial charge in [0.05, 0.1) is 6.61 Å². The molecule has 0 saturated carbocycles. The Balaban J connectivity index is 2.70. The SMILES string of the molecule is CC/C=C\C/C=C\C/C=C\C/C=C\C/C=C\C/C=C\CCC(=O)OC1C(OCC(COC(=O)CCCCCCCCC/C=C\C/C=C\CCCCC)OC(=O)CCCCCCCCCCCCCCCCCCC)OC(C(=O)O)C(O)C1O. The van der Waals surface area contributed by atoms with E-state index >= 15 is 0 Å². The van der Waals surface area contributed by atoms with Crippen molar-refractivity contribution in [2.45, 2.75) is 314 Å². The Kier molecular flexibility index (Phi) is 53.6. The Hall–Kier alpha value is -4.36. The van der Waals surface area contributed by atoms with Crippen LogP contribution < -0.4 is 0 Å². The molecule has 3 N–H and O–H groups in total. The number of aliphatic hydroxyl groups is 2. The number of unbranched alkanes of at least 4 members (excludes halogenated alkanes) is 26. The maximum absolute atomic E-state index is 13.2. The summed E-state index contributed by atoms with van der Waals surface area (Å²) in [6.07, 6.45) is 65.1. The van der Waals surface area contributed by atoms with Crippen LogP contribution in [-0.4, -0.2) is 89.2 Å². The van der Waals surface area contributed by atoms with Crippen LogP contribution in [0.25, 0.3) is 0 Å². The van der Waals surface area contributed by atoms with E-state index in [2.05, 4.69) is 99.8 Å². The van der Waals surface area contributed by atoms with E-state index in [4.69, 9.17) is 23.7 Å². The highest BCUT2D eigenvalue weighted by atomic mass is 16.7. The zero-order valence-electron chi connectivity index (χ0n) is 52.4. The third kappa shape index (κ3) is 47.6. The van der Waals surface area contributed by atoms with E-state index < -0.39 is 67.3 Å². The minimum atomic E-state index is -1.93. The van der Waals surface area contributed by atoms with Gasteiger partial charge in [0.25, 0.3) is 0 Å². The number of aliphatic carboxylic acids is 1. The number of rotatable bonds is 56. The standard InChI is InChI=1S/C71H118O12/c1-4-7-10-13-16-19-22-25-28-31-32-35-38-41-44-47-50-53-56-59-65(74)82-69-67(76)66(75)68(70(77)78)83-71(69)80-61-62(81-64(73)58-55-52-49-46-43-40-37-34-30-27-24-21-18-15-12-9-6-3)60-79-63(72)57-54-51-48-45-42-39-36-33-29-26-23-20-17-14-11-8-5-2/h7,10,16-17,19-20,25-26,28-29,32,35,41,44,50,53,62,66-69,71,75-76H,4-6,8-9,11-15,18,21-24,27,30-31,33-34,36-40,42-43,45-49,51-52,54-61H2,1-3H3,(H,77,78)/b10-7-,19-16-,20-17-,28-25-,29-26-,35-32-,44-41-,53-50-. The summed E-state index contributed by atoms with van der Waals surface area (Å²) in [6.45, 7) is 5.85. The van der Waals surface area contributed by atoms with E-state index in [1.165, 1.54) is 122 Å². The molecule has 474 valence electrons. The molecule has 12 nitrogen and oxygen atoms in total. The van der Waals surface area contributed by atoms with Gasteiger partial charge in [0.15, 0.2) is 24.6 Å². The highest BCUT2D eigenvalue weighted by Crippen LogP contribution is 2.26. The van der Waals surface area contributed by atoms with Gasteiger partial charge in [-0.05, 0) is 89.9 Å². The number of hydrogen-bond acceptors (Lipinski definition) is 11. The second-order valence-electron chi connectivity index (χ2n) is 22.4. The van der Waals surface area contributed by atoms with E-state index in [0.717, 1.165) is 89.9 Å². The van der Waals surface area contributed by atoms with Gasteiger partial charge in [0, 0.05) is 19.3 Å². The van der Waals surface area contributed by atoms with Crippen molar-refractivity contribution >= 4 is 23.9 Å². The first-order valence-corrected chi connectivity index (χ1v) is 33.2.